The minimum Gasteiger partial charge on any atom is -0.496 e. The lowest BCUT2D eigenvalue weighted by atomic mass is 9.84. The van der Waals surface area contributed by atoms with E-state index in [-0.39, 0.29) is 11.9 Å². The summed E-state index contributed by atoms with van der Waals surface area (Å²) in [5.74, 6) is 1.75. The van der Waals surface area contributed by atoms with Gasteiger partial charge in [0.05, 0.1) is 7.11 Å². The molecule has 154 valence electrons. The Bertz CT molecular complexity index is 924. The van der Waals surface area contributed by atoms with Crippen molar-refractivity contribution in [2.24, 2.45) is 17.8 Å². The van der Waals surface area contributed by atoms with Crippen LogP contribution in [0.3, 0.4) is 0 Å². The van der Waals surface area contributed by atoms with Gasteiger partial charge < -0.3 is 14.8 Å². The molecular formula is C24H29NO4. The van der Waals surface area contributed by atoms with E-state index >= 15 is 0 Å². The van der Waals surface area contributed by atoms with Crippen LogP contribution in [-0.2, 0) is 9.53 Å². The Kier molecular flexibility index (Phi) is 5.48. The molecule has 2 aromatic rings. The molecule has 0 unspecified atom stereocenters. The molecular weight excluding hydrogens is 366 g/mol. The van der Waals surface area contributed by atoms with E-state index in [0.29, 0.717) is 17.2 Å². The average Bonchev–Trinajstić information content (AvgIpc) is 3.36. The number of carbonyl (C=O) groups excluding carboxylic acids is 2. The Morgan fingerprint density at radius 1 is 1.07 bits per heavy atom. The van der Waals surface area contributed by atoms with Crippen LogP contribution in [0.4, 0.5) is 0 Å². The third kappa shape index (κ3) is 3.96. The zero-order chi connectivity index (χ0) is 20.5. The zero-order valence-corrected chi connectivity index (χ0v) is 17.3. The Morgan fingerprint density at radius 3 is 2.41 bits per heavy atom. The van der Waals surface area contributed by atoms with Crippen LogP contribution >= 0.6 is 0 Å². The van der Waals surface area contributed by atoms with Crippen LogP contribution < -0.4 is 10.1 Å². The number of nitrogens with one attached hydrogen (secondary N) is 1. The van der Waals surface area contributed by atoms with E-state index < -0.39 is 12.1 Å². The summed E-state index contributed by atoms with van der Waals surface area (Å²) in [7, 11) is 1.52. The predicted molar refractivity (Wildman–Crippen MR) is 112 cm³/mol. The van der Waals surface area contributed by atoms with Crippen LogP contribution in [0.1, 0.15) is 49.9 Å². The van der Waals surface area contributed by atoms with E-state index in [9.17, 15) is 9.59 Å². The molecule has 2 fully saturated rings. The standard InChI is InChI=1S/C24H29NO4/c1-14(20-11-16-8-9-19(20)10-16)25-23(26)15(2)29-24(27)21-12-17-6-4-5-7-18(17)13-22(21)28-3/h4-7,12-16,19-20H,8-11H2,1-3H3,(H,25,26)/t14-,15-,16+,19+,20+/m1/s1. The fourth-order valence-corrected chi connectivity index (χ4v) is 5.18. The normalized spacial score (nSPS) is 24.9. The minimum absolute atomic E-state index is 0.106. The number of amides is 1. The number of methoxy groups -OCH3 is 1. The zero-order valence-electron chi connectivity index (χ0n) is 17.3. The third-order valence-electron chi connectivity index (χ3n) is 6.75. The molecule has 2 aliphatic carbocycles. The second-order valence-corrected chi connectivity index (χ2v) is 8.58. The quantitative estimate of drug-likeness (QED) is 0.739. The maximum Gasteiger partial charge on any atom is 0.342 e. The van der Waals surface area contributed by atoms with Gasteiger partial charge in [-0.05, 0) is 73.8 Å². The van der Waals surface area contributed by atoms with Crippen molar-refractivity contribution in [3.8, 4) is 5.75 Å². The van der Waals surface area contributed by atoms with Gasteiger partial charge >= 0.3 is 5.97 Å². The number of rotatable bonds is 6. The molecule has 2 bridgehead atoms. The fourth-order valence-electron chi connectivity index (χ4n) is 5.18. The van der Waals surface area contributed by atoms with Crippen molar-refractivity contribution in [3.05, 3.63) is 42.0 Å². The molecule has 0 spiro atoms. The summed E-state index contributed by atoms with van der Waals surface area (Å²) in [6.45, 7) is 3.69. The van der Waals surface area contributed by atoms with E-state index in [1.807, 2.05) is 30.3 Å². The molecule has 0 aliphatic heterocycles. The molecule has 1 N–H and O–H groups in total. The largest absolute Gasteiger partial charge is 0.496 e. The molecule has 0 aromatic heterocycles. The van der Waals surface area contributed by atoms with Gasteiger partial charge in [-0.1, -0.05) is 30.7 Å². The number of hydrogen-bond donors (Lipinski definition) is 1. The van der Waals surface area contributed by atoms with Crippen LogP contribution in [0.2, 0.25) is 0 Å². The molecule has 4 rings (SSSR count). The SMILES string of the molecule is COc1cc2ccccc2cc1C(=O)O[C@H](C)C(=O)N[C@H](C)[C@@H]1C[C@H]2CC[C@H]1C2. The highest BCUT2D eigenvalue weighted by Crippen LogP contribution is 2.49. The lowest BCUT2D eigenvalue weighted by Crippen LogP contribution is -2.45. The molecule has 0 saturated heterocycles. The van der Waals surface area contributed by atoms with Crippen LogP contribution in [0, 0.1) is 17.8 Å². The minimum atomic E-state index is -0.861. The van der Waals surface area contributed by atoms with Gasteiger partial charge in [-0.15, -0.1) is 0 Å². The Balaban J connectivity index is 1.41. The molecule has 2 saturated carbocycles. The maximum atomic E-state index is 12.7. The third-order valence-corrected chi connectivity index (χ3v) is 6.75. The van der Waals surface area contributed by atoms with Gasteiger partial charge in [0.2, 0.25) is 0 Å². The molecule has 0 heterocycles. The van der Waals surface area contributed by atoms with E-state index in [2.05, 4.69) is 12.2 Å². The van der Waals surface area contributed by atoms with Gasteiger partial charge in [0.1, 0.15) is 11.3 Å². The first-order chi connectivity index (χ1) is 14.0. The van der Waals surface area contributed by atoms with Gasteiger partial charge in [-0.25, -0.2) is 4.79 Å². The first-order valence-corrected chi connectivity index (χ1v) is 10.5. The lowest BCUT2D eigenvalue weighted by molar-refractivity contribution is -0.130. The fraction of sp³-hybridized carbons (Fsp3) is 0.500. The van der Waals surface area contributed by atoms with Gasteiger partial charge in [0.25, 0.3) is 5.91 Å². The number of esters is 1. The number of carbonyl (C=O) groups is 2. The van der Waals surface area contributed by atoms with Gasteiger partial charge in [0, 0.05) is 6.04 Å². The summed E-state index contributed by atoms with van der Waals surface area (Å²) in [5, 5.41) is 4.97. The summed E-state index contributed by atoms with van der Waals surface area (Å²) in [6.07, 6.45) is 4.26. The lowest BCUT2D eigenvalue weighted by Gasteiger charge is -2.29. The summed E-state index contributed by atoms with van der Waals surface area (Å²) < 4.78 is 10.9. The van der Waals surface area contributed by atoms with E-state index in [0.717, 1.165) is 22.6 Å². The molecule has 5 atom stereocenters. The van der Waals surface area contributed by atoms with Gasteiger partial charge in [-0.2, -0.15) is 0 Å². The summed E-state index contributed by atoms with van der Waals surface area (Å²) in [4.78, 5) is 25.4. The second-order valence-electron chi connectivity index (χ2n) is 8.58. The van der Waals surface area contributed by atoms with Crippen molar-refractivity contribution in [1.82, 2.24) is 5.32 Å². The number of benzene rings is 2. The van der Waals surface area contributed by atoms with Crippen LogP contribution in [-0.4, -0.2) is 31.1 Å². The smallest absolute Gasteiger partial charge is 0.342 e. The van der Waals surface area contributed by atoms with Crippen LogP contribution in [0.25, 0.3) is 10.8 Å². The van der Waals surface area contributed by atoms with Crippen LogP contribution in [0.15, 0.2) is 36.4 Å². The van der Waals surface area contributed by atoms with Gasteiger partial charge in [0.15, 0.2) is 6.10 Å². The predicted octanol–water partition coefficient (Wildman–Crippen LogP) is 4.33. The van der Waals surface area contributed by atoms with E-state index in [4.69, 9.17) is 9.47 Å². The van der Waals surface area contributed by atoms with Crippen molar-refractivity contribution in [2.75, 3.05) is 7.11 Å². The van der Waals surface area contributed by atoms with Gasteiger partial charge in [-0.3, -0.25) is 4.79 Å². The molecule has 5 nitrogen and oxygen atoms in total. The topological polar surface area (TPSA) is 64.6 Å². The summed E-state index contributed by atoms with van der Waals surface area (Å²) in [6, 6.07) is 11.4. The van der Waals surface area contributed by atoms with Crippen molar-refractivity contribution >= 4 is 22.6 Å². The highest BCUT2D eigenvalue weighted by Gasteiger charge is 2.42. The Morgan fingerprint density at radius 2 is 1.79 bits per heavy atom. The molecule has 5 heteroatoms. The Hall–Kier alpha value is -2.56. The van der Waals surface area contributed by atoms with E-state index in [1.54, 1.807) is 13.0 Å². The van der Waals surface area contributed by atoms with E-state index in [1.165, 1.54) is 32.8 Å². The van der Waals surface area contributed by atoms with Crippen molar-refractivity contribution in [1.29, 1.82) is 0 Å². The first-order valence-electron chi connectivity index (χ1n) is 10.5. The monoisotopic (exact) mass is 395 g/mol. The molecule has 2 aliphatic rings. The highest BCUT2D eigenvalue weighted by molar-refractivity contribution is 5.99. The number of fused-ring (bicyclic) bond motifs is 3. The second kappa shape index (κ2) is 8.05. The van der Waals surface area contributed by atoms with Crippen molar-refractivity contribution < 1.29 is 19.1 Å². The number of ether oxygens (including phenoxy) is 2. The Labute approximate surface area is 171 Å². The summed E-state index contributed by atoms with van der Waals surface area (Å²) >= 11 is 0. The molecule has 29 heavy (non-hydrogen) atoms. The molecule has 0 radical (unpaired) electrons. The van der Waals surface area contributed by atoms with Crippen LogP contribution in [0.5, 0.6) is 5.75 Å². The highest BCUT2D eigenvalue weighted by atomic mass is 16.5. The maximum absolute atomic E-state index is 12.7. The number of hydrogen-bond acceptors (Lipinski definition) is 4. The molecule has 1 amide bonds. The average molecular weight is 395 g/mol. The molecule has 2 aromatic carbocycles. The summed E-state index contributed by atoms with van der Waals surface area (Å²) in [5.41, 5.74) is 0.326. The first kappa shape index (κ1) is 19.7. The van der Waals surface area contributed by atoms with Crippen molar-refractivity contribution in [2.45, 2.75) is 51.7 Å². The van der Waals surface area contributed by atoms with Crippen molar-refractivity contribution in [3.63, 3.8) is 0 Å².